The zero-order chi connectivity index (χ0) is 22.5. The normalized spacial score (nSPS) is 22.9. The molecule has 2 aliphatic heterocycles. The van der Waals surface area contributed by atoms with Crippen molar-refractivity contribution in [1.29, 1.82) is 0 Å². The summed E-state index contributed by atoms with van der Waals surface area (Å²) in [5, 5.41) is 0.364. The number of rotatable bonds is 3. The van der Waals surface area contributed by atoms with Crippen LogP contribution in [0.3, 0.4) is 0 Å². The molecule has 1 aliphatic carbocycles. The van der Waals surface area contributed by atoms with Gasteiger partial charge in [0.05, 0.1) is 24.9 Å². The van der Waals surface area contributed by atoms with Gasteiger partial charge in [-0.3, -0.25) is 0 Å². The van der Waals surface area contributed by atoms with Gasteiger partial charge in [0.2, 0.25) is 0 Å². The maximum Gasteiger partial charge on any atom is 0.305 e. The fourth-order valence-electron chi connectivity index (χ4n) is 4.34. The minimum atomic E-state index is -3.65. The van der Waals surface area contributed by atoms with Crippen LogP contribution in [0.25, 0.3) is 17.5 Å². The number of nitrogens with zero attached hydrogens (tertiary/aromatic N) is 6. The Morgan fingerprint density at radius 1 is 1.12 bits per heavy atom. The first-order valence-corrected chi connectivity index (χ1v) is 12.5. The molecule has 9 nitrogen and oxygen atoms in total. The van der Waals surface area contributed by atoms with Crippen LogP contribution < -0.4 is 9.21 Å². The van der Waals surface area contributed by atoms with Gasteiger partial charge in [-0.2, -0.15) is 12.7 Å². The number of aromatic nitrogens is 3. The number of ether oxygens (including phenoxy) is 1. The molecule has 2 aromatic rings. The predicted molar refractivity (Wildman–Crippen MR) is 124 cm³/mol. The molecule has 0 radical (unpaired) electrons. The van der Waals surface area contributed by atoms with Crippen molar-refractivity contribution in [3.8, 4) is 11.4 Å². The van der Waals surface area contributed by atoms with Gasteiger partial charge in [0.25, 0.3) is 0 Å². The molecule has 11 heteroatoms. The molecule has 0 saturated carbocycles. The van der Waals surface area contributed by atoms with Crippen LogP contribution in [0, 0.1) is 0 Å². The first-order chi connectivity index (χ1) is 15.3. The van der Waals surface area contributed by atoms with Crippen molar-refractivity contribution >= 4 is 39.5 Å². The van der Waals surface area contributed by atoms with Crippen LogP contribution in [0.1, 0.15) is 24.6 Å². The third-order valence-corrected chi connectivity index (χ3v) is 8.16. The molecule has 4 heterocycles. The zero-order valence-electron chi connectivity index (χ0n) is 18.0. The smallest absolute Gasteiger partial charge is 0.305 e. The Morgan fingerprint density at radius 2 is 1.94 bits per heavy atom. The van der Waals surface area contributed by atoms with Crippen LogP contribution >= 0.6 is 11.6 Å². The highest BCUT2D eigenvalue weighted by Crippen LogP contribution is 2.34. The monoisotopic (exact) mass is 476 g/mol. The molecule has 0 aromatic carbocycles. The average molecular weight is 477 g/mol. The van der Waals surface area contributed by atoms with Gasteiger partial charge >= 0.3 is 10.2 Å². The minimum Gasteiger partial charge on any atom is -0.377 e. The van der Waals surface area contributed by atoms with E-state index >= 15 is 0 Å². The van der Waals surface area contributed by atoms with Gasteiger partial charge in [-0.15, -0.1) is 0 Å². The van der Waals surface area contributed by atoms with Gasteiger partial charge < -0.3 is 9.64 Å². The molecule has 0 bridgehead atoms. The van der Waals surface area contributed by atoms with Gasteiger partial charge in [-0.1, -0.05) is 23.8 Å². The van der Waals surface area contributed by atoms with Crippen molar-refractivity contribution in [3.05, 3.63) is 34.6 Å². The lowest BCUT2D eigenvalue weighted by atomic mass is 10.1. The van der Waals surface area contributed by atoms with Crippen molar-refractivity contribution in [1.82, 2.24) is 19.3 Å². The number of allylic oxidation sites excluding steroid dienone is 1. The third kappa shape index (κ3) is 3.75. The molecule has 0 unspecified atom stereocenters. The highest BCUT2D eigenvalue weighted by Gasteiger charge is 2.33. The van der Waals surface area contributed by atoms with E-state index in [4.69, 9.17) is 26.3 Å². The van der Waals surface area contributed by atoms with E-state index in [1.54, 1.807) is 19.2 Å². The van der Waals surface area contributed by atoms with Crippen LogP contribution in [-0.2, 0) is 21.4 Å². The molecule has 0 amide bonds. The van der Waals surface area contributed by atoms with Crippen molar-refractivity contribution in [2.75, 3.05) is 49.1 Å². The molecule has 3 aliphatic rings. The number of fused-ring (bicyclic) bond motifs is 1. The second-order valence-corrected chi connectivity index (χ2v) is 10.6. The summed E-state index contributed by atoms with van der Waals surface area (Å²) in [6.07, 6.45) is 5.43. The zero-order valence-corrected chi connectivity index (χ0v) is 19.6. The molecular formula is C21H25ClN6O3S. The highest BCUT2D eigenvalue weighted by atomic mass is 35.5. The average Bonchev–Trinajstić information content (AvgIpc) is 3.23. The lowest BCUT2D eigenvalue weighted by Crippen LogP contribution is -2.48. The summed E-state index contributed by atoms with van der Waals surface area (Å²) in [7, 11) is -2.06. The Hall–Kier alpha value is -2.27. The number of morpholine rings is 1. The minimum absolute atomic E-state index is 0.103. The van der Waals surface area contributed by atoms with Crippen LogP contribution in [0.4, 0.5) is 11.6 Å². The van der Waals surface area contributed by atoms with E-state index in [0.717, 1.165) is 23.2 Å². The van der Waals surface area contributed by atoms with Crippen molar-refractivity contribution in [2.45, 2.75) is 25.8 Å². The summed E-state index contributed by atoms with van der Waals surface area (Å²) in [4.78, 5) is 16.1. The SMILES string of the molecule is C[C@@H]1COCCN1c1cc(N2CCCN(C)S2(=O)=O)nc(-c2cc(Cl)nc3c2C=CC3)n1. The van der Waals surface area contributed by atoms with Gasteiger partial charge in [0.15, 0.2) is 5.82 Å². The Balaban J connectivity index is 1.69. The number of halogens is 1. The first-order valence-electron chi connectivity index (χ1n) is 10.7. The van der Waals surface area contributed by atoms with Gasteiger partial charge in [-0.05, 0) is 19.4 Å². The largest absolute Gasteiger partial charge is 0.377 e. The topological polar surface area (TPSA) is 91.8 Å². The van der Waals surface area contributed by atoms with Gasteiger partial charge in [-0.25, -0.2) is 19.3 Å². The molecule has 2 aromatic heterocycles. The highest BCUT2D eigenvalue weighted by molar-refractivity contribution is 7.90. The van der Waals surface area contributed by atoms with E-state index in [1.807, 2.05) is 12.2 Å². The Morgan fingerprint density at radius 3 is 2.75 bits per heavy atom. The summed E-state index contributed by atoms with van der Waals surface area (Å²) >= 11 is 6.31. The molecule has 0 spiro atoms. The Bertz CT molecular complexity index is 1190. The maximum absolute atomic E-state index is 13.1. The maximum atomic E-state index is 13.1. The van der Waals surface area contributed by atoms with Gasteiger partial charge in [0, 0.05) is 50.3 Å². The molecule has 32 heavy (non-hydrogen) atoms. The molecule has 2 fully saturated rings. The van der Waals surface area contributed by atoms with Crippen LogP contribution in [0.5, 0.6) is 0 Å². The summed E-state index contributed by atoms with van der Waals surface area (Å²) in [6.45, 7) is 4.76. The second kappa shape index (κ2) is 8.26. The van der Waals surface area contributed by atoms with Gasteiger partial charge in [0.1, 0.15) is 16.8 Å². The molecule has 5 rings (SSSR count). The first kappa shape index (κ1) is 21.6. The fourth-order valence-corrected chi connectivity index (χ4v) is 5.94. The molecule has 1 atom stereocenters. The van der Waals surface area contributed by atoms with E-state index in [2.05, 4.69) is 16.8 Å². The van der Waals surface area contributed by atoms with E-state index in [0.29, 0.717) is 61.9 Å². The molecular weight excluding hydrogens is 452 g/mol. The summed E-state index contributed by atoms with van der Waals surface area (Å²) in [6, 6.07) is 3.62. The van der Waals surface area contributed by atoms with E-state index in [-0.39, 0.29) is 6.04 Å². The molecule has 2 saturated heterocycles. The quantitative estimate of drug-likeness (QED) is 0.628. The van der Waals surface area contributed by atoms with Crippen molar-refractivity contribution < 1.29 is 13.2 Å². The third-order valence-electron chi connectivity index (χ3n) is 6.07. The van der Waals surface area contributed by atoms with Crippen molar-refractivity contribution in [3.63, 3.8) is 0 Å². The molecule has 0 N–H and O–H groups in total. The summed E-state index contributed by atoms with van der Waals surface area (Å²) in [5.41, 5.74) is 2.54. The number of pyridine rings is 1. The number of hydrogen-bond acceptors (Lipinski definition) is 7. The van der Waals surface area contributed by atoms with E-state index in [1.165, 1.54) is 8.61 Å². The Kier molecular flexibility index (Phi) is 5.56. The van der Waals surface area contributed by atoms with Crippen LogP contribution in [0.15, 0.2) is 18.2 Å². The van der Waals surface area contributed by atoms with Crippen LogP contribution in [-0.4, -0.2) is 73.6 Å². The lowest BCUT2D eigenvalue weighted by Gasteiger charge is -2.36. The number of hydrogen-bond donors (Lipinski definition) is 0. The second-order valence-electron chi connectivity index (χ2n) is 8.24. The fraction of sp³-hybridized carbons (Fsp3) is 0.476. The molecule has 170 valence electrons. The van der Waals surface area contributed by atoms with E-state index < -0.39 is 10.2 Å². The standard InChI is InChI=1S/C21H25ClN6O3S/c1-14-13-31-10-9-27(14)19-12-20(28-8-4-7-26(2)32(28,29)30)25-21(24-19)16-11-18(22)23-17-6-3-5-15(16)17/h3,5,11-12,14H,4,6-10,13H2,1-2H3/t14-/m1/s1. The van der Waals surface area contributed by atoms with Crippen LogP contribution in [0.2, 0.25) is 5.15 Å². The summed E-state index contributed by atoms with van der Waals surface area (Å²) in [5.74, 6) is 1.47. The van der Waals surface area contributed by atoms with Crippen molar-refractivity contribution in [2.24, 2.45) is 0 Å². The number of anilines is 2. The lowest BCUT2D eigenvalue weighted by molar-refractivity contribution is 0.0985. The summed E-state index contributed by atoms with van der Waals surface area (Å²) < 4.78 is 34.5. The van der Waals surface area contributed by atoms with E-state index in [9.17, 15) is 8.42 Å². The Labute approximate surface area is 192 Å². The predicted octanol–water partition coefficient (Wildman–Crippen LogP) is 2.37.